The number of hydrogen-bond donors (Lipinski definition) is 0. The van der Waals surface area contributed by atoms with Crippen LogP contribution in [0.5, 0.6) is 0 Å². The van der Waals surface area contributed by atoms with Crippen molar-refractivity contribution in [2.75, 3.05) is 7.11 Å². The third-order valence-electron chi connectivity index (χ3n) is 2.06. The zero-order chi connectivity index (χ0) is 13.5. The average molecular weight is 259 g/mol. The quantitative estimate of drug-likeness (QED) is 0.457. The molecule has 0 fully saturated rings. The summed E-state index contributed by atoms with van der Waals surface area (Å²) in [5, 5.41) is 0. The maximum Gasteiger partial charge on any atom is 0.217 e. The Morgan fingerprint density at radius 2 is 2.06 bits per heavy atom. The number of nitrogens with zero attached hydrogens (tertiary/aromatic N) is 1. The lowest BCUT2D eigenvalue weighted by atomic mass is 10.2. The van der Waals surface area contributed by atoms with E-state index in [1.807, 2.05) is 13.1 Å². The third-order valence-corrected chi connectivity index (χ3v) is 2.46. The topological polar surface area (TPSA) is 70.3 Å². The highest BCUT2D eigenvalue weighted by Crippen LogP contribution is 1.99. The molecule has 1 aromatic rings. The zero-order valence-electron chi connectivity index (χ0n) is 10.2. The molecule has 0 radical (unpaired) electrons. The molecule has 0 unspecified atom stereocenters. The van der Waals surface area contributed by atoms with Crippen LogP contribution < -0.4 is 4.57 Å². The molecule has 0 saturated carbocycles. The van der Waals surface area contributed by atoms with Gasteiger partial charge in [-0.3, -0.25) is 4.18 Å². The molecule has 96 valence electrons. The molecule has 0 N–H and O–H groups in total. The van der Waals surface area contributed by atoms with Crippen LogP contribution in [-0.2, 0) is 28.1 Å². The van der Waals surface area contributed by atoms with Gasteiger partial charge < -0.3 is 4.55 Å². The Labute approximate surface area is 102 Å². The minimum Gasteiger partial charge on any atom is -0.726 e. The molecule has 5 nitrogen and oxygen atoms in total. The predicted octanol–water partition coefficient (Wildman–Crippen LogP) is 0.810. The molecular formula is C11H17NO4S. The van der Waals surface area contributed by atoms with Crippen LogP contribution in [0.25, 0.3) is 6.08 Å². The Morgan fingerprint density at radius 3 is 2.35 bits per heavy atom. The van der Waals surface area contributed by atoms with E-state index in [2.05, 4.69) is 40.6 Å². The van der Waals surface area contributed by atoms with E-state index < -0.39 is 10.4 Å². The molecule has 0 aliphatic rings. The minimum absolute atomic E-state index is 0.808. The standard InChI is InChI=1S/C10H14N.CH4O4S/c1-4-9-6-7-10(5-2)11(3)8-9;1-5-6(2,3)4/h5-8H,2,4H2,1,3H3;1H3,(H,2,3,4)/q+1;/p-1. The molecule has 0 atom stereocenters. The van der Waals surface area contributed by atoms with Gasteiger partial charge in [-0.1, -0.05) is 13.5 Å². The lowest BCUT2D eigenvalue weighted by Crippen LogP contribution is -2.31. The first kappa shape index (κ1) is 15.8. The molecule has 0 bridgehead atoms. The fourth-order valence-electron chi connectivity index (χ4n) is 1.10. The molecule has 1 aromatic heterocycles. The van der Waals surface area contributed by atoms with Crippen molar-refractivity contribution in [1.29, 1.82) is 0 Å². The van der Waals surface area contributed by atoms with Crippen molar-refractivity contribution in [2.24, 2.45) is 7.05 Å². The SMILES string of the molecule is C=Cc1ccc(CC)c[n+]1C.COS(=O)(=O)[O-]. The third kappa shape index (κ3) is 6.83. The summed E-state index contributed by atoms with van der Waals surface area (Å²) in [6, 6.07) is 4.23. The van der Waals surface area contributed by atoms with Gasteiger partial charge in [0, 0.05) is 17.7 Å². The van der Waals surface area contributed by atoms with Crippen LogP contribution in [0.15, 0.2) is 24.9 Å². The van der Waals surface area contributed by atoms with E-state index in [0.717, 1.165) is 19.2 Å². The molecule has 0 saturated heterocycles. The van der Waals surface area contributed by atoms with Gasteiger partial charge in [-0.2, -0.15) is 0 Å². The summed E-state index contributed by atoms with van der Waals surface area (Å²) >= 11 is 0. The summed E-state index contributed by atoms with van der Waals surface area (Å²) in [5.74, 6) is 0. The van der Waals surface area contributed by atoms with Gasteiger partial charge in [-0.15, -0.1) is 0 Å². The molecule has 1 heterocycles. The summed E-state index contributed by atoms with van der Waals surface area (Å²) in [6.45, 7) is 5.88. The molecule has 0 amide bonds. The fourth-order valence-corrected chi connectivity index (χ4v) is 1.10. The van der Waals surface area contributed by atoms with E-state index >= 15 is 0 Å². The van der Waals surface area contributed by atoms with E-state index in [1.54, 1.807) is 0 Å². The number of hydrogen-bond acceptors (Lipinski definition) is 4. The largest absolute Gasteiger partial charge is 0.726 e. The van der Waals surface area contributed by atoms with E-state index in [-0.39, 0.29) is 0 Å². The van der Waals surface area contributed by atoms with Gasteiger partial charge in [0.15, 0.2) is 6.20 Å². The van der Waals surface area contributed by atoms with Crippen molar-refractivity contribution < 1.29 is 21.7 Å². The summed E-state index contributed by atoms with van der Waals surface area (Å²) in [5.41, 5.74) is 2.51. The normalized spacial score (nSPS) is 10.4. The Morgan fingerprint density at radius 1 is 1.53 bits per heavy atom. The van der Waals surface area contributed by atoms with E-state index in [1.165, 1.54) is 5.56 Å². The Kier molecular flexibility index (Phi) is 6.64. The van der Waals surface area contributed by atoms with Crippen LogP contribution in [-0.4, -0.2) is 20.1 Å². The Hall–Kier alpha value is -1.24. The highest BCUT2D eigenvalue weighted by molar-refractivity contribution is 7.80. The summed E-state index contributed by atoms with van der Waals surface area (Å²) in [7, 11) is -1.57. The van der Waals surface area contributed by atoms with Crippen LogP contribution in [0.2, 0.25) is 0 Å². The number of pyridine rings is 1. The van der Waals surface area contributed by atoms with Crippen molar-refractivity contribution >= 4 is 16.5 Å². The molecule has 1 rings (SSSR count). The average Bonchev–Trinajstić information content (AvgIpc) is 2.28. The highest BCUT2D eigenvalue weighted by atomic mass is 32.3. The second-order valence-corrected chi connectivity index (χ2v) is 4.36. The van der Waals surface area contributed by atoms with Gasteiger partial charge in [-0.05, 0) is 12.5 Å². The maximum atomic E-state index is 9.22. The van der Waals surface area contributed by atoms with E-state index in [0.29, 0.717) is 0 Å². The van der Waals surface area contributed by atoms with Crippen LogP contribution >= 0.6 is 0 Å². The molecular weight excluding hydrogens is 242 g/mol. The number of rotatable bonds is 3. The van der Waals surface area contributed by atoms with Crippen LogP contribution in [0, 0.1) is 0 Å². The first-order chi connectivity index (χ1) is 7.84. The lowest BCUT2D eigenvalue weighted by Gasteiger charge is -1.98. The smallest absolute Gasteiger partial charge is 0.217 e. The molecule has 0 spiro atoms. The van der Waals surface area contributed by atoms with Crippen LogP contribution in [0.3, 0.4) is 0 Å². The second kappa shape index (κ2) is 7.16. The summed E-state index contributed by atoms with van der Waals surface area (Å²) in [6.07, 6.45) is 5.09. The lowest BCUT2D eigenvalue weighted by molar-refractivity contribution is -0.673. The molecule has 0 aromatic carbocycles. The van der Waals surface area contributed by atoms with Crippen molar-refractivity contribution in [3.63, 3.8) is 0 Å². The van der Waals surface area contributed by atoms with Crippen molar-refractivity contribution in [3.8, 4) is 0 Å². The first-order valence-corrected chi connectivity index (χ1v) is 6.29. The van der Waals surface area contributed by atoms with Crippen molar-refractivity contribution in [2.45, 2.75) is 13.3 Å². The van der Waals surface area contributed by atoms with E-state index in [9.17, 15) is 13.0 Å². The van der Waals surface area contributed by atoms with Crippen LogP contribution in [0.4, 0.5) is 0 Å². The van der Waals surface area contributed by atoms with Crippen molar-refractivity contribution in [1.82, 2.24) is 0 Å². The van der Waals surface area contributed by atoms with Crippen molar-refractivity contribution in [3.05, 3.63) is 36.2 Å². The molecule has 6 heteroatoms. The second-order valence-electron chi connectivity index (χ2n) is 3.21. The van der Waals surface area contributed by atoms with Gasteiger partial charge in [0.1, 0.15) is 7.05 Å². The Balaban J connectivity index is 0.000000366. The van der Waals surface area contributed by atoms with Gasteiger partial charge in [0.05, 0.1) is 7.11 Å². The van der Waals surface area contributed by atoms with Gasteiger partial charge >= 0.3 is 0 Å². The maximum absolute atomic E-state index is 9.22. The van der Waals surface area contributed by atoms with Gasteiger partial charge in [-0.25, -0.2) is 13.0 Å². The predicted molar refractivity (Wildman–Crippen MR) is 63.8 cm³/mol. The van der Waals surface area contributed by atoms with Crippen LogP contribution in [0.1, 0.15) is 18.2 Å². The van der Waals surface area contributed by atoms with E-state index in [4.69, 9.17) is 0 Å². The summed E-state index contributed by atoms with van der Waals surface area (Å²) < 4.78 is 33.1. The minimum atomic E-state index is -4.41. The number of aryl methyl sites for hydroxylation is 2. The fraction of sp³-hybridized carbons (Fsp3) is 0.364. The number of aromatic nitrogens is 1. The summed E-state index contributed by atoms with van der Waals surface area (Å²) in [4.78, 5) is 0. The zero-order valence-corrected chi connectivity index (χ0v) is 11.0. The molecule has 0 aliphatic carbocycles. The van der Waals surface area contributed by atoms with Gasteiger partial charge in [0.25, 0.3) is 0 Å². The first-order valence-electron chi connectivity index (χ1n) is 4.96. The molecule has 17 heavy (non-hydrogen) atoms. The Bertz CT molecular complexity index is 468. The van der Waals surface area contributed by atoms with Gasteiger partial charge in [0.2, 0.25) is 16.1 Å². The highest BCUT2D eigenvalue weighted by Gasteiger charge is 2.01. The monoisotopic (exact) mass is 259 g/mol. The molecule has 0 aliphatic heterocycles.